The van der Waals surface area contributed by atoms with E-state index in [9.17, 15) is 0 Å². The Morgan fingerprint density at radius 2 is 0.744 bits per heavy atom. The molecule has 0 amide bonds. The van der Waals surface area contributed by atoms with Crippen LogP contribution in [-0.4, -0.2) is 0 Å². The molecule has 0 aromatic heterocycles. The molecule has 6 aromatic carbocycles. The molecule has 6 aromatic rings. The van der Waals surface area contributed by atoms with Gasteiger partial charge in [0.1, 0.15) is 0 Å². The van der Waals surface area contributed by atoms with E-state index in [1.165, 1.54) is 31.8 Å². The maximum atomic E-state index is 2.23. The van der Waals surface area contributed by atoms with Gasteiger partial charge in [-0.15, -0.1) is 17.7 Å². The Labute approximate surface area is 265 Å². The molecule has 6 rings (SSSR count). The van der Waals surface area contributed by atoms with Gasteiger partial charge < -0.3 is 29.6 Å². The van der Waals surface area contributed by atoms with Crippen molar-refractivity contribution in [2.75, 3.05) is 0 Å². The van der Waals surface area contributed by atoms with Crippen LogP contribution in [0.4, 0.5) is 0 Å². The van der Waals surface area contributed by atoms with Crippen molar-refractivity contribution in [3.63, 3.8) is 0 Å². The SMILES string of the molecule is Cl.[Fe].[Pd].c1ccc(P(c2ccccc2)[c-]2[cH-][cH-][cH-][cH-]2)cc1.c1ccc(P(c2ccccc2)[c-]2cccc2)cc1. The first-order valence-corrected chi connectivity index (χ1v) is 14.8. The van der Waals surface area contributed by atoms with Gasteiger partial charge in [-0.3, -0.25) is 0 Å². The van der Waals surface area contributed by atoms with Crippen molar-refractivity contribution in [2.45, 2.75) is 0 Å². The summed E-state index contributed by atoms with van der Waals surface area (Å²) in [7, 11) is -0.818. The molecule has 0 saturated carbocycles. The van der Waals surface area contributed by atoms with Crippen LogP contribution in [0.1, 0.15) is 0 Å². The van der Waals surface area contributed by atoms with Crippen molar-refractivity contribution >= 4 is 60.1 Å². The topological polar surface area (TPSA) is 0 Å². The van der Waals surface area contributed by atoms with E-state index in [0.717, 1.165) is 0 Å². The Morgan fingerprint density at radius 1 is 0.436 bits per heavy atom. The van der Waals surface area contributed by atoms with Crippen molar-refractivity contribution < 1.29 is 37.5 Å². The van der Waals surface area contributed by atoms with E-state index in [1.54, 1.807) is 0 Å². The van der Waals surface area contributed by atoms with Gasteiger partial charge in [-0.05, 0) is 10.6 Å². The van der Waals surface area contributed by atoms with Crippen LogP contribution in [0.25, 0.3) is 0 Å². The van der Waals surface area contributed by atoms with Gasteiger partial charge in [0.25, 0.3) is 0 Å². The number of hydrogen-bond acceptors (Lipinski definition) is 0. The van der Waals surface area contributed by atoms with Crippen molar-refractivity contribution in [1.29, 1.82) is 0 Å². The molecule has 0 nitrogen and oxygen atoms in total. The predicted molar refractivity (Wildman–Crippen MR) is 169 cm³/mol. The summed E-state index contributed by atoms with van der Waals surface area (Å²) in [6.07, 6.45) is 0. The number of hydrogen-bond donors (Lipinski definition) is 0. The number of rotatable bonds is 6. The average molecular weight is 697 g/mol. The van der Waals surface area contributed by atoms with E-state index in [-0.39, 0.29) is 49.9 Å². The van der Waals surface area contributed by atoms with Crippen LogP contribution in [0.15, 0.2) is 170 Å². The van der Waals surface area contributed by atoms with Crippen LogP contribution in [0, 0.1) is 0 Å². The summed E-state index contributed by atoms with van der Waals surface area (Å²) < 4.78 is 0. The summed E-state index contributed by atoms with van der Waals surface area (Å²) in [6, 6.07) is 60.5. The maximum absolute atomic E-state index is 2.23. The molecule has 0 aliphatic carbocycles. The fourth-order valence-electron chi connectivity index (χ4n) is 4.23. The minimum absolute atomic E-state index is 0. The summed E-state index contributed by atoms with van der Waals surface area (Å²) in [6.45, 7) is 0. The Morgan fingerprint density at radius 3 is 1.08 bits per heavy atom. The van der Waals surface area contributed by atoms with Gasteiger partial charge in [0, 0.05) is 37.5 Å². The van der Waals surface area contributed by atoms with Crippen LogP contribution in [-0.2, 0) is 37.5 Å². The number of halogens is 1. The molecule has 0 radical (unpaired) electrons. The molecule has 0 aliphatic rings. The second-order valence-electron chi connectivity index (χ2n) is 8.30. The molecule has 0 atom stereocenters. The molecule has 0 bridgehead atoms. The van der Waals surface area contributed by atoms with Crippen LogP contribution < -0.4 is 31.8 Å². The normalized spacial score (nSPS) is 9.90. The van der Waals surface area contributed by atoms with E-state index in [4.69, 9.17) is 0 Å². The Bertz CT molecular complexity index is 1220. The molecule has 0 heterocycles. The summed E-state index contributed by atoms with van der Waals surface area (Å²) >= 11 is 0. The summed E-state index contributed by atoms with van der Waals surface area (Å²) in [4.78, 5) is 0. The minimum Gasteiger partial charge on any atom is -0.747 e. The van der Waals surface area contributed by atoms with Gasteiger partial charge in [-0.1, -0.05) is 140 Å². The standard InChI is InChI=1S/2C17H14P.ClH.Fe.Pd/c2*1-3-9-15(10-4-1)18(17-13-7-8-14-17)16-11-5-2-6-12-16;;;/h2*1-14H;1H;;/q-5;-1;;;. The monoisotopic (exact) mass is 696 g/mol. The summed E-state index contributed by atoms with van der Waals surface area (Å²) in [5.41, 5.74) is 0. The second kappa shape index (κ2) is 17.6. The minimum atomic E-state index is -0.409. The van der Waals surface area contributed by atoms with E-state index in [0.29, 0.717) is 0 Å². The third kappa shape index (κ3) is 8.95. The summed E-state index contributed by atoms with van der Waals surface area (Å²) in [5.74, 6) is 0. The van der Waals surface area contributed by atoms with Gasteiger partial charge in [0.2, 0.25) is 0 Å². The largest absolute Gasteiger partial charge is 0.747 e. The van der Waals surface area contributed by atoms with E-state index in [2.05, 4.69) is 170 Å². The van der Waals surface area contributed by atoms with Gasteiger partial charge >= 0.3 is 0 Å². The van der Waals surface area contributed by atoms with Gasteiger partial charge in [-0.25, -0.2) is 20.1 Å². The molecular weight excluding hydrogens is 668 g/mol. The molecule has 0 unspecified atom stereocenters. The molecule has 206 valence electrons. The Hall–Kier alpha value is -2.09. The average Bonchev–Trinajstić information content (AvgIpc) is 3.68. The van der Waals surface area contributed by atoms with Crippen LogP contribution >= 0.6 is 28.3 Å². The molecule has 5 heteroatoms. The fraction of sp³-hybridized carbons (Fsp3) is 0. The Kier molecular flexibility index (Phi) is 14.9. The zero-order valence-corrected chi connectivity index (χ0v) is 26.4. The van der Waals surface area contributed by atoms with Crippen LogP contribution in [0.3, 0.4) is 0 Å². The second-order valence-corrected chi connectivity index (χ2v) is 12.7. The first-order valence-electron chi connectivity index (χ1n) is 12.1. The van der Waals surface area contributed by atoms with Crippen molar-refractivity contribution in [3.8, 4) is 0 Å². The van der Waals surface area contributed by atoms with Crippen molar-refractivity contribution in [1.82, 2.24) is 0 Å². The smallest absolute Gasteiger partial charge is 0 e. The molecule has 0 spiro atoms. The maximum Gasteiger partial charge on any atom is 0 e. The third-order valence-corrected chi connectivity index (χ3v) is 10.8. The number of benzene rings is 4. The van der Waals surface area contributed by atoms with Crippen molar-refractivity contribution in [3.05, 3.63) is 170 Å². The quantitative estimate of drug-likeness (QED) is 0.103. The molecular formula is C34H29ClFeP2Pd-6. The molecule has 0 N–H and O–H groups in total. The fourth-order valence-corrected chi connectivity index (χ4v) is 8.84. The first kappa shape index (κ1) is 33.1. The van der Waals surface area contributed by atoms with Gasteiger partial charge in [0.15, 0.2) is 0 Å². The van der Waals surface area contributed by atoms with E-state index >= 15 is 0 Å². The predicted octanol–water partition coefficient (Wildman–Crippen LogP) is 6.74. The van der Waals surface area contributed by atoms with Crippen LogP contribution in [0.2, 0.25) is 0 Å². The van der Waals surface area contributed by atoms with E-state index in [1.807, 2.05) is 0 Å². The molecule has 39 heavy (non-hydrogen) atoms. The summed E-state index contributed by atoms with van der Waals surface area (Å²) in [5, 5.41) is 8.47. The Balaban J connectivity index is 0.000000254. The van der Waals surface area contributed by atoms with Gasteiger partial charge in [-0.2, -0.15) is 12.1 Å². The third-order valence-electron chi connectivity index (χ3n) is 5.86. The zero-order chi connectivity index (χ0) is 24.4. The molecule has 0 aliphatic heterocycles. The van der Waals surface area contributed by atoms with Gasteiger partial charge in [0.05, 0.1) is 0 Å². The zero-order valence-electron chi connectivity index (χ0n) is 21.1. The van der Waals surface area contributed by atoms with Crippen molar-refractivity contribution in [2.24, 2.45) is 0 Å². The first-order chi connectivity index (χ1) is 17.9. The molecule has 0 fully saturated rings. The van der Waals surface area contributed by atoms with E-state index < -0.39 is 15.8 Å². The molecule has 0 saturated heterocycles. The van der Waals surface area contributed by atoms with Crippen LogP contribution in [0.5, 0.6) is 0 Å².